The fourth-order valence-corrected chi connectivity index (χ4v) is 3.08. The van der Waals surface area contributed by atoms with Crippen LogP contribution in [-0.2, 0) is 14.8 Å². The Kier molecular flexibility index (Phi) is 4.85. The van der Waals surface area contributed by atoms with Crippen LogP contribution in [0.1, 0.15) is 25.0 Å². The van der Waals surface area contributed by atoms with E-state index in [2.05, 4.69) is 4.72 Å². The van der Waals surface area contributed by atoms with E-state index in [0.717, 1.165) is 6.08 Å². The third-order valence-corrected chi connectivity index (χ3v) is 4.11. The van der Waals surface area contributed by atoms with Gasteiger partial charge < -0.3 is 5.11 Å². The number of hydrogen-bond acceptors (Lipinski definition) is 3. The van der Waals surface area contributed by atoms with E-state index in [1.807, 2.05) is 0 Å². The maximum absolute atomic E-state index is 12.1. The molecule has 0 unspecified atom stereocenters. The van der Waals surface area contributed by atoms with Gasteiger partial charge in [-0.1, -0.05) is 12.1 Å². The summed E-state index contributed by atoms with van der Waals surface area (Å²) in [6.45, 7) is 5.17. The van der Waals surface area contributed by atoms with Crippen molar-refractivity contribution in [2.45, 2.75) is 31.7 Å². The highest BCUT2D eigenvalue weighted by molar-refractivity contribution is 7.89. The molecular weight excluding hydrogens is 266 g/mol. The molecule has 104 valence electrons. The Morgan fingerprint density at radius 1 is 1.37 bits per heavy atom. The van der Waals surface area contributed by atoms with Crippen LogP contribution in [-0.4, -0.2) is 25.5 Å². The van der Waals surface area contributed by atoms with Crippen molar-refractivity contribution in [2.75, 3.05) is 0 Å². The van der Waals surface area contributed by atoms with E-state index in [4.69, 9.17) is 5.11 Å². The molecule has 0 bridgehead atoms. The summed E-state index contributed by atoms with van der Waals surface area (Å²) in [5.74, 6) is -1.08. The normalized spacial score (nSPS) is 12.2. The van der Waals surface area contributed by atoms with Gasteiger partial charge in [0.1, 0.15) is 0 Å². The Hall–Kier alpha value is -1.66. The minimum atomic E-state index is -3.58. The summed E-state index contributed by atoms with van der Waals surface area (Å²) >= 11 is 0. The Bertz CT molecular complexity index is 603. The first kappa shape index (κ1) is 15.4. The van der Waals surface area contributed by atoms with Crippen molar-refractivity contribution in [1.82, 2.24) is 4.72 Å². The first-order valence-electron chi connectivity index (χ1n) is 5.76. The molecule has 0 saturated heterocycles. The van der Waals surface area contributed by atoms with Crippen molar-refractivity contribution in [2.24, 2.45) is 0 Å². The van der Waals surface area contributed by atoms with Crippen LogP contribution in [0.15, 0.2) is 29.2 Å². The van der Waals surface area contributed by atoms with Gasteiger partial charge in [-0.15, -0.1) is 0 Å². The van der Waals surface area contributed by atoms with Gasteiger partial charge >= 0.3 is 5.97 Å². The molecule has 0 aliphatic rings. The first-order chi connectivity index (χ1) is 8.72. The molecule has 0 heterocycles. The minimum Gasteiger partial charge on any atom is -0.478 e. The van der Waals surface area contributed by atoms with Gasteiger partial charge in [0.2, 0.25) is 10.0 Å². The van der Waals surface area contributed by atoms with Crippen LogP contribution >= 0.6 is 0 Å². The van der Waals surface area contributed by atoms with E-state index in [1.54, 1.807) is 32.9 Å². The number of nitrogens with one attached hydrogen (secondary N) is 1. The van der Waals surface area contributed by atoms with Crippen molar-refractivity contribution < 1.29 is 18.3 Å². The number of aliphatic carboxylic acids is 1. The van der Waals surface area contributed by atoms with Crippen molar-refractivity contribution in [3.05, 3.63) is 35.4 Å². The van der Waals surface area contributed by atoms with Gasteiger partial charge in [-0.25, -0.2) is 17.9 Å². The Labute approximate surface area is 113 Å². The van der Waals surface area contributed by atoms with Gasteiger partial charge in [-0.3, -0.25) is 0 Å². The Balaban J connectivity index is 3.21. The van der Waals surface area contributed by atoms with Crippen LogP contribution in [0, 0.1) is 6.92 Å². The molecule has 19 heavy (non-hydrogen) atoms. The predicted molar refractivity (Wildman–Crippen MR) is 73.3 cm³/mol. The van der Waals surface area contributed by atoms with Crippen molar-refractivity contribution >= 4 is 22.1 Å². The molecule has 0 aromatic heterocycles. The summed E-state index contributed by atoms with van der Waals surface area (Å²) < 4.78 is 26.7. The van der Waals surface area contributed by atoms with E-state index in [9.17, 15) is 13.2 Å². The van der Waals surface area contributed by atoms with Crippen molar-refractivity contribution in [3.8, 4) is 0 Å². The summed E-state index contributed by atoms with van der Waals surface area (Å²) in [6.07, 6.45) is 2.33. The summed E-state index contributed by atoms with van der Waals surface area (Å²) in [5.41, 5.74) is 1.14. The number of sulfonamides is 1. The minimum absolute atomic E-state index is 0.161. The lowest BCUT2D eigenvalue weighted by molar-refractivity contribution is -0.131. The predicted octanol–water partition coefficient (Wildman–Crippen LogP) is 1.78. The largest absolute Gasteiger partial charge is 0.478 e. The monoisotopic (exact) mass is 283 g/mol. The number of carboxylic acid groups (broad SMARTS) is 1. The second kappa shape index (κ2) is 5.99. The second-order valence-corrected chi connectivity index (χ2v) is 6.15. The van der Waals surface area contributed by atoms with E-state index in [0.29, 0.717) is 11.1 Å². The van der Waals surface area contributed by atoms with Gasteiger partial charge in [0, 0.05) is 12.1 Å². The third-order valence-electron chi connectivity index (χ3n) is 2.31. The Morgan fingerprint density at radius 3 is 2.53 bits per heavy atom. The molecule has 0 atom stereocenters. The molecule has 5 nitrogen and oxygen atoms in total. The van der Waals surface area contributed by atoms with Gasteiger partial charge in [0.15, 0.2) is 0 Å². The van der Waals surface area contributed by atoms with E-state index in [-0.39, 0.29) is 10.9 Å². The van der Waals surface area contributed by atoms with E-state index < -0.39 is 16.0 Å². The Morgan fingerprint density at radius 2 is 2.00 bits per heavy atom. The number of benzene rings is 1. The van der Waals surface area contributed by atoms with Crippen molar-refractivity contribution in [3.63, 3.8) is 0 Å². The molecule has 0 radical (unpaired) electrons. The average molecular weight is 283 g/mol. The molecule has 0 amide bonds. The lowest BCUT2D eigenvalue weighted by atomic mass is 10.1. The highest BCUT2D eigenvalue weighted by Gasteiger charge is 2.17. The second-order valence-electron chi connectivity index (χ2n) is 4.47. The molecule has 0 saturated carbocycles. The van der Waals surface area contributed by atoms with E-state index in [1.165, 1.54) is 12.1 Å². The van der Waals surface area contributed by atoms with Crippen LogP contribution in [0.3, 0.4) is 0 Å². The lowest BCUT2D eigenvalue weighted by Crippen LogP contribution is -2.30. The molecule has 0 spiro atoms. The summed E-state index contributed by atoms with van der Waals surface area (Å²) in [7, 11) is -3.58. The van der Waals surface area contributed by atoms with E-state index >= 15 is 0 Å². The number of hydrogen-bond donors (Lipinski definition) is 2. The van der Waals surface area contributed by atoms with Gasteiger partial charge in [0.25, 0.3) is 0 Å². The fraction of sp³-hybridized carbons (Fsp3) is 0.308. The number of carboxylic acids is 1. The van der Waals surface area contributed by atoms with Crippen LogP contribution in [0.4, 0.5) is 0 Å². The maximum atomic E-state index is 12.1. The summed E-state index contributed by atoms with van der Waals surface area (Å²) in [6, 6.07) is 4.57. The molecule has 0 fully saturated rings. The zero-order valence-electron chi connectivity index (χ0n) is 11.0. The van der Waals surface area contributed by atoms with Crippen LogP contribution < -0.4 is 4.72 Å². The van der Waals surface area contributed by atoms with Crippen LogP contribution in [0.5, 0.6) is 0 Å². The summed E-state index contributed by atoms with van der Waals surface area (Å²) in [4.78, 5) is 10.6. The molecule has 1 rings (SSSR count). The third kappa shape index (κ3) is 4.50. The summed E-state index contributed by atoms with van der Waals surface area (Å²) in [5, 5.41) is 8.56. The first-order valence-corrected chi connectivity index (χ1v) is 7.24. The number of carbonyl (C=O) groups is 1. The molecule has 0 aliphatic heterocycles. The molecule has 2 N–H and O–H groups in total. The van der Waals surface area contributed by atoms with Gasteiger partial charge in [-0.2, -0.15) is 0 Å². The van der Waals surface area contributed by atoms with Crippen molar-refractivity contribution in [1.29, 1.82) is 0 Å². The van der Waals surface area contributed by atoms with Crippen LogP contribution in [0.25, 0.3) is 6.08 Å². The average Bonchev–Trinajstić information content (AvgIpc) is 2.25. The number of aryl methyl sites for hydroxylation is 1. The molecule has 1 aromatic carbocycles. The highest BCUT2D eigenvalue weighted by Crippen LogP contribution is 2.18. The standard InChI is InChI=1S/C13H17NO4S/c1-9(2)14-19(17,18)12-8-11(5-4-10(12)3)6-7-13(15)16/h4-9,14H,1-3H3,(H,15,16)/b7-6+. The zero-order valence-corrected chi connectivity index (χ0v) is 11.9. The SMILES string of the molecule is Cc1ccc(/C=C/C(=O)O)cc1S(=O)(=O)NC(C)C. The topological polar surface area (TPSA) is 83.5 Å². The van der Waals surface area contributed by atoms with Crippen LogP contribution in [0.2, 0.25) is 0 Å². The molecular formula is C13H17NO4S. The molecule has 6 heteroatoms. The quantitative estimate of drug-likeness (QED) is 0.807. The van der Waals surface area contributed by atoms with Gasteiger partial charge in [-0.05, 0) is 44.0 Å². The highest BCUT2D eigenvalue weighted by atomic mass is 32.2. The zero-order chi connectivity index (χ0) is 14.6. The fourth-order valence-electron chi connectivity index (χ4n) is 1.55. The smallest absolute Gasteiger partial charge is 0.328 e. The van der Waals surface area contributed by atoms with Gasteiger partial charge in [0.05, 0.1) is 4.90 Å². The molecule has 0 aliphatic carbocycles. The number of rotatable bonds is 5. The maximum Gasteiger partial charge on any atom is 0.328 e. The molecule has 1 aromatic rings. The lowest BCUT2D eigenvalue weighted by Gasteiger charge is -2.12.